The summed E-state index contributed by atoms with van der Waals surface area (Å²) in [6, 6.07) is 7.31. The van der Waals surface area contributed by atoms with Gasteiger partial charge >= 0.3 is 10.2 Å². The van der Waals surface area contributed by atoms with Crippen LogP contribution < -0.4 is 5.14 Å². The summed E-state index contributed by atoms with van der Waals surface area (Å²) < 4.78 is 24.0. The van der Waals surface area contributed by atoms with Crippen LogP contribution in [0.4, 0.5) is 0 Å². The maximum Gasteiger partial charge on any atom is 0.303 e. The first-order valence-corrected chi connectivity index (χ1v) is 6.03. The second-order valence-electron chi connectivity index (χ2n) is 3.54. The van der Waals surface area contributed by atoms with E-state index in [1.54, 1.807) is 19.1 Å². The van der Waals surface area contributed by atoms with Crippen LogP contribution in [-0.4, -0.2) is 12.4 Å². The molecule has 1 aromatic heterocycles. The van der Waals surface area contributed by atoms with Gasteiger partial charge in [-0.05, 0) is 25.5 Å². The van der Waals surface area contributed by atoms with E-state index in [-0.39, 0.29) is 0 Å². The van der Waals surface area contributed by atoms with Gasteiger partial charge in [-0.25, -0.2) is 9.11 Å². The molecule has 5 heteroatoms. The molecule has 0 amide bonds. The summed E-state index contributed by atoms with van der Waals surface area (Å²) in [7, 11) is -3.72. The number of aryl methyl sites for hydroxylation is 1. The first-order chi connectivity index (χ1) is 6.93. The molecule has 1 aromatic carbocycles. The molecule has 0 aliphatic carbocycles. The highest BCUT2D eigenvalue weighted by Crippen LogP contribution is 2.25. The smallest absolute Gasteiger partial charge is 0.230 e. The quantitative estimate of drug-likeness (QED) is 0.793. The third-order valence-electron chi connectivity index (χ3n) is 2.63. The Morgan fingerprint density at radius 3 is 2.40 bits per heavy atom. The van der Waals surface area contributed by atoms with Crippen molar-refractivity contribution in [2.45, 2.75) is 13.8 Å². The maximum atomic E-state index is 11.4. The van der Waals surface area contributed by atoms with Crippen molar-refractivity contribution in [1.82, 2.24) is 3.97 Å². The van der Waals surface area contributed by atoms with Crippen molar-refractivity contribution in [3.05, 3.63) is 35.5 Å². The van der Waals surface area contributed by atoms with Gasteiger partial charge in [-0.2, -0.15) is 8.42 Å². The van der Waals surface area contributed by atoms with E-state index < -0.39 is 10.2 Å². The first-order valence-electron chi connectivity index (χ1n) is 4.53. The molecule has 4 nitrogen and oxygen atoms in total. The van der Waals surface area contributed by atoms with Crippen LogP contribution in [0.25, 0.3) is 10.9 Å². The molecule has 1 heterocycles. The van der Waals surface area contributed by atoms with Crippen molar-refractivity contribution in [1.29, 1.82) is 0 Å². The van der Waals surface area contributed by atoms with Crippen LogP contribution in [0.3, 0.4) is 0 Å². The molecule has 2 aromatic rings. The van der Waals surface area contributed by atoms with Crippen LogP contribution in [0.15, 0.2) is 24.3 Å². The summed E-state index contributed by atoms with van der Waals surface area (Å²) in [5.41, 5.74) is 2.24. The van der Waals surface area contributed by atoms with Crippen LogP contribution in [0.2, 0.25) is 0 Å². The van der Waals surface area contributed by atoms with Gasteiger partial charge in [-0.15, -0.1) is 0 Å². The number of benzene rings is 1. The van der Waals surface area contributed by atoms with Gasteiger partial charge in [-0.1, -0.05) is 18.2 Å². The number of aromatic nitrogens is 1. The van der Waals surface area contributed by atoms with Gasteiger partial charge in [0.05, 0.1) is 5.52 Å². The van der Waals surface area contributed by atoms with Gasteiger partial charge in [0.1, 0.15) is 0 Å². The molecular weight excluding hydrogens is 212 g/mol. The van der Waals surface area contributed by atoms with Crippen molar-refractivity contribution in [2.24, 2.45) is 5.14 Å². The standard InChI is InChI=1S/C10H12N2O2S/c1-7-8(2)12(15(11,13)14)10-6-4-3-5-9(7)10/h3-6H,1-2H3,(H2,11,13,14). The predicted octanol–water partition coefficient (Wildman–Crippen LogP) is 1.31. The fourth-order valence-corrected chi connectivity index (χ4v) is 2.78. The van der Waals surface area contributed by atoms with Gasteiger partial charge in [0.2, 0.25) is 0 Å². The summed E-state index contributed by atoms with van der Waals surface area (Å²) in [6.07, 6.45) is 0. The zero-order valence-electron chi connectivity index (χ0n) is 8.56. The molecule has 0 aliphatic heterocycles. The minimum atomic E-state index is -3.72. The molecule has 2 rings (SSSR count). The Morgan fingerprint density at radius 2 is 1.80 bits per heavy atom. The number of hydrogen-bond donors (Lipinski definition) is 1. The number of rotatable bonds is 1. The highest BCUT2D eigenvalue weighted by molar-refractivity contribution is 7.87. The minimum absolute atomic E-state index is 0.634. The first kappa shape index (κ1) is 10.2. The van der Waals surface area contributed by atoms with Crippen LogP contribution in [-0.2, 0) is 10.2 Å². The zero-order valence-corrected chi connectivity index (χ0v) is 9.38. The largest absolute Gasteiger partial charge is 0.303 e. The lowest BCUT2D eigenvalue weighted by molar-refractivity contribution is 0.589. The minimum Gasteiger partial charge on any atom is -0.230 e. The molecule has 0 fully saturated rings. The average molecular weight is 224 g/mol. The van der Waals surface area contributed by atoms with E-state index >= 15 is 0 Å². The lowest BCUT2D eigenvalue weighted by Gasteiger charge is -2.03. The van der Waals surface area contributed by atoms with E-state index in [1.165, 1.54) is 3.97 Å². The van der Waals surface area contributed by atoms with E-state index in [0.717, 1.165) is 10.9 Å². The van der Waals surface area contributed by atoms with Crippen molar-refractivity contribution in [2.75, 3.05) is 0 Å². The number of hydrogen-bond acceptors (Lipinski definition) is 2. The van der Waals surface area contributed by atoms with Crippen LogP contribution in [0, 0.1) is 13.8 Å². The lowest BCUT2D eigenvalue weighted by atomic mass is 10.2. The Labute approximate surface area is 88.5 Å². The molecule has 2 N–H and O–H groups in total. The molecule has 0 spiro atoms. The topological polar surface area (TPSA) is 65.1 Å². The monoisotopic (exact) mass is 224 g/mol. The van der Waals surface area contributed by atoms with E-state index in [2.05, 4.69) is 0 Å². The predicted molar refractivity (Wildman–Crippen MR) is 59.9 cm³/mol. The van der Waals surface area contributed by atoms with Gasteiger partial charge in [-0.3, -0.25) is 0 Å². The second kappa shape index (κ2) is 3.08. The molecule has 0 unspecified atom stereocenters. The van der Waals surface area contributed by atoms with Crippen molar-refractivity contribution >= 4 is 21.1 Å². The molecule has 0 aliphatic rings. The summed E-state index contributed by atoms with van der Waals surface area (Å²) >= 11 is 0. The number of para-hydroxylation sites is 1. The van der Waals surface area contributed by atoms with Crippen LogP contribution in [0.1, 0.15) is 11.3 Å². The number of fused-ring (bicyclic) bond motifs is 1. The summed E-state index contributed by atoms with van der Waals surface area (Å²) in [6.45, 7) is 3.64. The Morgan fingerprint density at radius 1 is 1.20 bits per heavy atom. The van der Waals surface area contributed by atoms with E-state index in [9.17, 15) is 8.42 Å². The van der Waals surface area contributed by atoms with Crippen LogP contribution in [0.5, 0.6) is 0 Å². The zero-order chi connectivity index (χ0) is 11.2. The molecule has 0 saturated heterocycles. The second-order valence-corrected chi connectivity index (χ2v) is 4.93. The normalized spacial score (nSPS) is 12.2. The van der Waals surface area contributed by atoms with Crippen LogP contribution >= 0.6 is 0 Å². The Hall–Kier alpha value is -1.33. The Bertz CT molecular complexity index is 626. The Kier molecular flexibility index (Phi) is 2.09. The molecule has 0 bridgehead atoms. The van der Waals surface area contributed by atoms with Gasteiger partial charge in [0, 0.05) is 11.1 Å². The number of nitrogens with zero attached hydrogens (tertiary/aromatic N) is 1. The van der Waals surface area contributed by atoms with E-state index in [0.29, 0.717) is 11.2 Å². The molecule has 0 saturated carbocycles. The highest BCUT2D eigenvalue weighted by atomic mass is 32.2. The van der Waals surface area contributed by atoms with E-state index in [1.807, 2.05) is 19.1 Å². The fourth-order valence-electron chi connectivity index (χ4n) is 1.82. The highest BCUT2D eigenvalue weighted by Gasteiger charge is 2.16. The molecule has 0 atom stereocenters. The van der Waals surface area contributed by atoms with Crippen molar-refractivity contribution < 1.29 is 8.42 Å². The molecule has 0 radical (unpaired) electrons. The lowest BCUT2D eigenvalue weighted by Crippen LogP contribution is -2.22. The third kappa shape index (κ3) is 1.44. The van der Waals surface area contributed by atoms with Crippen molar-refractivity contribution in [3.63, 3.8) is 0 Å². The maximum absolute atomic E-state index is 11.4. The molecule has 15 heavy (non-hydrogen) atoms. The fraction of sp³-hybridized carbons (Fsp3) is 0.200. The van der Waals surface area contributed by atoms with Gasteiger partial charge in [0.15, 0.2) is 0 Å². The molecule has 80 valence electrons. The van der Waals surface area contributed by atoms with Crippen molar-refractivity contribution in [3.8, 4) is 0 Å². The summed E-state index contributed by atoms with van der Waals surface area (Å²) in [5, 5.41) is 6.09. The Balaban J connectivity index is 3.03. The van der Waals surface area contributed by atoms with Gasteiger partial charge < -0.3 is 0 Å². The van der Waals surface area contributed by atoms with E-state index in [4.69, 9.17) is 5.14 Å². The number of nitrogens with two attached hydrogens (primary N) is 1. The molecular formula is C10H12N2O2S. The third-order valence-corrected chi connectivity index (χ3v) is 3.61. The summed E-state index contributed by atoms with van der Waals surface area (Å²) in [4.78, 5) is 0. The van der Waals surface area contributed by atoms with Gasteiger partial charge in [0.25, 0.3) is 0 Å². The SMILES string of the molecule is Cc1c(C)n(S(N)(=O)=O)c2ccccc12. The summed E-state index contributed by atoms with van der Waals surface area (Å²) in [5.74, 6) is 0. The average Bonchev–Trinajstić information content (AvgIpc) is 2.39.